The molecule has 1 amide bonds. The smallest absolute Gasteiger partial charge is 0.416 e. The fourth-order valence-electron chi connectivity index (χ4n) is 2.55. The molecule has 0 saturated heterocycles. The number of alkyl halides is 6. The van der Waals surface area contributed by atoms with Crippen molar-refractivity contribution < 1.29 is 40.7 Å². The molecule has 0 spiro atoms. The number of carbonyl (C=O) groups excluding carboxylic acids is 2. The fourth-order valence-corrected chi connectivity index (χ4v) is 3.15. The van der Waals surface area contributed by atoms with E-state index in [1.54, 1.807) is 24.3 Å². The van der Waals surface area contributed by atoms with Crippen molar-refractivity contribution in [2.75, 3.05) is 7.11 Å². The van der Waals surface area contributed by atoms with Gasteiger partial charge in [0.1, 0.15) is 6.04 Å². The van der Waals surface area contributed by atoms with Crippen LogP contribution >= 0.6 is 22.6 Å². The van der Waals surface area contributed by atoms with Crippen LogP contribution in [0.5, 0.6) is 0 Å². The van der Waals surface area contributed by atoms with E-state index in [4.69, 9.17) is 0 Å². The van der Waals surface area contributed by atoms with Gasteiger partial charge in [-0.1, -0.05) is 18.2 Å². The second kappa shape index (κ2) is 9.23. The molecule has 0 saturated carbocycles. The first kappa shape index (κ1) is 24.0. The standard InChI is InChI=1S/C19H14F6INO3/c1-30-17(29)15(8-10-4-2-3-5-14(10)26)27-16(28)11-6-12(18(20,21)22)9-13(7-11)19(23,24)25/h2-7,9,15H,8H2,1H3,(H,27,28)/t15-/m0/s1. The van der Waals surface area contributed by atoms with Crippen molar-refractivity contribution in [2.45, 2.75) is 24.8 Å². The summed E-state index contributed by atoms with van der Waals surface area (Å²) in [6.07, 6.45) is -10.3. The zero-order valence-electron chi connectivity index (χ0n) is 15.2. The maximum atomic E-state index is 13.0. The minimum atomic E-state index is -5.10. The molecule has 0 aromatic heterocycles. The average molecular weight is 545 g/mol. The Balaban J connectivity index is 2.39. The summed E-state index contributed by atoms with van der Waals surface area (Å²) >= 11 is 1.99. The number of carbonyl (C=O) groups is 2. The summed E-state index contributed by atoms with van der Waals surface area (Å²) in [4.78, 5) is 24.5. The molecule has 4 nitrogen and oxygen atoms in total. The topological polar surface area (TPSA) is 55.4 Å². The Labute approximate surface area is 180 Å². The molecule has 11 heteroatoms. The van der Waals surface area contributed by atoms with Crippen molar-refractivity contribution in [1.82, 2.24) is 5.32 Å². The quantitative estimate of drug-likeness (QED) is 0.333. The summed E-state index contributed by atoms with van der Waals surface area (Å²) in [7, 11) is 1.05. The zero-order chi connectivity index (χ0) is 22.7. The molecular formula is C19H14F6INO3. The zero-order valence-corrected chi connectivity index (χ0v) is 17.4. The summed E-state index contributed by atoms with van der Waals surface area (Å²) in [5.74, 6) is -2.17. The third-order valence-corrected chi connectivity index (χ3v) is 5.08. The van der Waals surface area contributed by atoms with Crippen molar-refractivity contribution in [3.05, 3.63) is 68.3 Å². The molecule has 0 fully saturated rings. The first-order valence-corrected chi connectivity index (χ1v) is 9.32. The van der Waals surface area contributed by atoms with E-state index in [-0.39, 0.29) is 12.5 Å². The van der Waals surface area contributed by atoms with Crippen molar-refractivity contribution in [2.24, 2.45) is 0 Å². The normalized spacial score (nSPS) is 12.9. The highest BCUT2D eigenvalue weighted by Crippen LogP contribution is 2.36. The minimum Gasteiger partial charge on any atom is -0.467 e. The Kier molecular flexibility index (Phi) is 7.37. The van der Waals surface area contributed by atoms with Crippen LogP contribution in [0.2, 0.25) is 0 Å². The van der Waals surface area contributed by atoms with Crippen LogP contribution in [0.4, 0.5) is 26.3 Å². The molecule has 0 aliphatic heterocycles. The molecule has 2 aromatic rings. The highest BCUT2D eigenvalue weighted by molar-refractivity contribution is 14.1. The lowest BCUT2D eigenvalue weighted by Gasteiger charge is -2.19. The number of hydrogen-bond donors (Lipinski definition) is 1. The van der Waals surface area contributed by atoms with Gasteiger partial charge in [0.25, 0.3) is 5.91 Å². The lowest BCUT2D eigenvalue weighted by molar-refractivity contribution is -0.144. The van der Waals surface area contributed by atoms with Gasteiger partial charge in [-0.2, -0.15) is 26.3 Å². The van der Waals surface area contributed by atoms with Crippen molar-refractivity contribution in [3.63, 3.8) is 0 Å². The number of esters is 1. The van der Waals surface area contributed by atoms with Crippen molar-refractivity contribution in [1.29, 1.82) is 0 Å². The van der Waals surface area contributed by atoms with E-state index in [1.807, 2.05) is 22.6 Å². The van der Waals surface area contributed by atoms with E-state index in [2.05, 4.69) is 10.1 Å². The Morgan fingerprint density at radius 2 is 1.53 bits per heavy atom. The predicted molar refractivity (Wildman–Crippen MR) is 103 cm³/mol. The molecule has 30 heavy (non-hydrogen) atoms. The van der Waals surface area contributed by atoms with Gasteiger partial charge in [-0.25, -0.2) is 4.79 Å². The summed E-state index contributed by atoms with van der Waals surface area (Å²) in [6, 6.07) is 6.00. The Bertz CT molecular complexity index is 910. The van der Waals surface area contributed by atoms with Gasteiger partial charge in [-0.05, 0) is 52.4 Å². The molecule has 0 heterocycles. The molecule has 2 rings (SSSR count). The van der Waals surface area contributed by atoms with Gasteiger partial charge in [0.15, 0.2) is 0 Å². The first-order valence-electron chi connectivity index (χ1n) is 8.24. The van der Waals surface area contributed by atoms with E-state index in [9.17, 15) is 35.9 Å². The summed E-state index contributed by atoms with van der Waals surface area (Å²) in [6.45, 7) is 0. The largest absolute Gasteiger partial charge is 0.467 e. The van der Waals surface area contributed by atoms with E-state index in [1.165, 1.54) is 0 Å². The maximum absolute atomic E-state index is 13.0. The van der Waals surface area contributed by atoms with E-state index in [0.29, 0.717) is 17.7 Å². The van der Waals surface area contributed by atoms with Crippen LogP contribution in [0.3, 0.4) is 0 Å². The molecule has 1 atom stereocenters. The van der Waals surface area contributed by atoms with Gasteiger partial charge < -0.3 is 10.1 Å². The first-order chi connectivity index (χ1) is 13.8. The maximum Gasteiger partial charge on any atom is 0.416 e. The second-order valence-electron chi connectivity index (χ2n) is 6.14. The van der Waals surface area contributed by atoms with E-state index < -0.39 is 47.0 Å². The highest BCUT2D eigenvalue weighted by atomic mass is 127. The fraction of sp³-hybridized carbons (Fsp3) is 0.263. The number of benzene rings is 2. The van der Waals surface area contributed by atoms with Crippen molar-refractivity contribution in [3.8, 4) is 0 Å². The highest BCUT2D eigenvalue weighted by Gasteiger charge is 2.38. The second-order valence-corrected chi connectivity index (χ2v) is 7.30. The number of ether oxygens (including phenoxy) is 1. The summed E-state index contributed by atoms with van der Waals surface area (Å²) < 4.78 is 83.4. The molecule has 162 valence electrons. The number of nitrogens with one attached hydrogen (secondary N) is 1. The minimum absolute atomic E-state index is 0.0668. The Morgan fingerprint density at radius 3 is 2.00 bits per heavy atom. The average Bonchev–Trinajstić information content (AvgIpc) is 2.66. The third-order valence-electron chi connectivity index (χ3n) is 4.02. The molecule has 0 unspecified atom stereocenters. The van der Waals surface area contributed by atoms with Gasteiger partial charge in [0.05, 0.1) is 18.2 Å². The van der Waals surface area contributed by atoms with Crippen LogP contribution in [-0.4, -0.2) is 25.0 Å². The van der Waals surface area contributed by atoms with Crippen LogP contribution in [0, 0.1) is 3.57 Å². The third kappa shape index (κ3) is 6.09. The molecule has 1 N–H and O–H groups in total. The number of amides is 1. The van der Waals surface area contributed by atoms with Gasteiger partial charge in [-0.15, -0.1) is 0 Å². The molecule has 0 aliphatic rings. The Morgan fingerprint density at radius 1 is 1.00 bits per heavy atom. The molecule has 0 radical (unpaired) electrons. The number of halogens is 7. The van der Waals surface area contributed by atoms with Crippen LogP contribution in [0.15, 0.2) is 42.5 Å². The van der Waals surface area contributed by atoms with Gasteiger partial charge in [-0.3, -0.25) is 4.79 Å². The Hall–Kier alpha value is -2.31. The van der Waals surface area contributed by atoms with E-state index >= 15 is 0 Å². The van der Waals surface area contributed by atoms with E-state index in [0.717, 1.165) is 10.7 Å². The van der Waals surface area contributed by atoms with Gasteiger partial charge >= 0.3 is 18.3 Å². The molecule has 0 bridgehead atoms. The lowest BCUT2D eigenvalue weighted by atomic mass is 10.0. The summed E-state index contributed by atoms with van der Waals surface area (Å²) in [5, 5.41) is 2.17. The van der Waals surface area contributed by atoms with Crippen LogP contribution in [0.1, 0.15) is 27.0 Å². The number of methoxy groups -OCH3 is 1. The predicted octanol–water partition coefficient (Wildman–Crippen LogP) is 4.84. The number of rotatable bonds is 5. The van der Waals surface area contributed by atoms with Crippen LogP contribution in [-0.2, 0) is 28.3 Å². The van der Waals surface area contributed by atoms with Gasteiger partial charge in [0.2, 0.25) is 0 Å². The van der Waals surface area contributed by atoms with Crippen LogP contribution in [0.25, 0.3) is 0 Å². The number of hydrogen-bond acceptors (Lipinski definition) is 3. The molecule has 0 aliphatic carbocycles. The van der Waals surface area contributed by atoms with Crippen LogP contribution < -0.4 is 5.32 Å². The molecule has 2 aromatic carbocycles. The van der Waals surface area contributed by atoms with Crippen molar-refractivity contribution >= 4 is 34.5 Å². The lowest BCUT2D eigenvalue weighted by Crippen LogP contribution is -2.43. The monoisotopic (exact) mass is 545 g/mol. The van der Waals surface area contributed by atoms with Gasteiger partial charge in [0, 0.05) is 15.6 Å². The molecular weight excluding hydrogens is 531 g/mol. The summed E-state index contributed by atoms with van der Waals surface area (Å²) in [5.41, 5.74) is -3.51. The SMILES string of the molecule is COC(=O)[C@H](Cc1ccccc1I)NC(=O)c1cc(C(F)(F)F)cc(C(F)(F)F)c1.